The predicted octanol–water partition coefficient (Wildman–Crippen LogP) is 0.495. The van der Waals surface area contributed by atoms with Crippen LogP contribution in [0.4, 0.5) is 0 Å². The summed E-state index contributed by atoms with van der Waals surface area (Å²) in [6.07, 6.45) is 1.79. The first-order chi connectivity index (χ1) is 5.74. The number of rotatable bonds is 3. The minimum absolute atomic E-state index is 0.0467. The molecule has 1 aromatic rings. The summed E-state index contributed by atoms with van der Waals surface area (Å²) in [6.45, 7) is 3.74. The first-order valence-corrected chi connectivity index (χ1v) is 4.10. The number of aryl methyl sites for hydroxylation is 1. The Labute approximate surface area is 72.0 Å². The van der Waals surface area contributed by atoms with E-state index in [2.05, 4.69) is 5.32 Å². The summed E-state index contributed by atoms with van der Waals surface area (Å²) in [7, 11) is 1.75. The van der Waals surface area contributed by atoms with Crippen molar-refractivity contribution in [2.75, 3.05) is 6.54 Å². The van der Waals surface area contributed by atoms with Gasteiger partial charge in [0.25, 0.3) is 5.56 Å². The molecule has 1 N–H and O–H groups in total. The van der Waals surface area contributed by atoms with Crippen LogP contribution in [0.1, 0.15) is 12.5 Å². The molecule has 0 fully saturated rings. The molecule has 0 saturated heterocycles. The monoisotopic (exact) mass is 166 g/mol. The maximum absolute atomic E-state index is 11.1. The minimum atomic E-state index is 0.0467. The molecule has 66 valence electrons. The van der Waals surface area contributed by atoms with Gasteiger partial charge in [-0.3, -0.25) is 4.79 Å². The quantitative estimate of drug-likeness (QED) is 0.709. The number of hydrogen-bond acceptors (Lipinski definition) is 2. The molecule has 0 aromatic carbocycles. The summed E-state index contributed by atoms with van der Waals surface area (Å²) in [5.74, 6) is 0. The van der Waals surface area contributed by atoms with E-state index >= 15 is 0 Å². The van der Waals surface area contributed by atoms with Gasteiger partial charge >= 0.3 is 0 Å². The molecule has 0 atom stereocenters. The summed E-state index contributed by atoms with van der Waals surface area (Å²) in [5, 5.41) is 3.16. The van der Waals surface area contributed by atoms with E-state index in [4.69, 9.17) is 0 Å². The predicted molar refractivity (Wildman–Crippen MR) is 49.1 cm³/mol. The Morgan fingerprint density at radius 2 is 2.33 bits per heavy atom. The van der Waals surface area contributed by atoms with E-state index in [1.54, 1.807) is 23.9 Å². The number of nitrogens with one attached hydrogen (secondary N) is 1. The van der Waals surface area contributed by atoms with Crippen LogP contribution in [-0.2, 0) is 13.6 Å². The van der Waals surface area contributed by atoms with E-state index in [1.165, 1.54) is 0 Å². The van der Waals surface area contributed by atoms with Crippen molar-refractivity contribution >= 4 is 0 Å². The highest BCUT2D eigenvalue weighted by molar-refractivity contribution is 5.10. The molecule has 3 heteroatoms. The second-order valence-electron chi connectivity index (χ2n) is 2.76. The lowest BCUT2D eigenvalue weighted by molar-refractivity contribution is 0.720. The van der Waals surface area contributed by atoms with Crippen molar-refractivity contribution in [2.45, 2.75) is 13.5 Å². The van der Waals surface area contributed by atoms with Crippen LogP contribution >= 0.6 is 0 Å². The second-order valence-corrected chi connectivity index (χ2v) is 2.76. The maximum atomic E-state index is 11.1. The van der Waals surface area contributed by atoms with Gasteiger partial charge in [-0.15, -0.1) is 0 Å². The van der Waals surface area contributed by atoms with Gasteiger partial charge in [0, 0.05) is 25.9 Å². The van der Waals surface area contributed by atoms with Crippen molar-refractivity contribution in [3.63, 3.8) is 0 Å². The number of hydrogen-bond donors (Lipinski definition) is 1. The zero-order valence-electron chi connectivity index (χ0n) is 7.50. The van der Waals surface area contributed by atoms with Crippen LogP contribution in [0.3, 0.4) is 0 Å². The van der Waals surface area contributed by atoms with Crippen molar-refractivity contribution in [3.8, 4) is 0 Å². The van der Waals surface area contributed by atoms with Crippen LogP contribution in [0.15, 0.2) is 23.1 Å². The molecule has 1 rings (SSSR count). The third kappa shape index (κ3) is 2.20. The van der Waals surface area contributed by atoms with E-state index in [0.717, 1.165) is 18.7 Å². The van der Waals surface area contributed by atoms with Crippen LogP contribution in [-0.4, -0.2) is 11.1 Å². The average molecular weight is 166 g/mol. The highest BCUT2D eigenvalue weighted by Crippen LogP contribution is 1.92. The second kappa shape index (κ2) is 4.07. The molecule has 1 aromatic heterocycles. The Morgan fingerprint density at radius 3 is 2.92 bits per heavy atom. The molecule has 0 spiro atoms. The van der Waals surface area contributed by atoms with E-state index in [-0.39, 0.29) is 5.56 Å². The van der Waals surface area contributed by atoms with Gasteiger partial charge in [-0.25, -0.2) is 0 Å². The largest absolute Gasteiger partial charge is 0.319 e. The molecule has 0 radical (unpaired) electrons. The summed E-state index contributed by atoms with van der Waals surface area (Å²) in [6, 6.07) is 3.60. The first-order valence-electron chi connectivity index (χ1n) is 4.10. The molecule has 0 aliphatic rings. The third-order valence-electron chi connectivity index (χ3n) is 1.75. The van der Waals surface area contributed by atoms with Crippen molar-refractivity contribution in [3.05, 3.63) is 34.2 Å². The average Bonchev–Trinajstić information content (AvgIpc) is 2.07. The van der Waals surface area contributed by atoms with Gasteiger partial charge in [0.1, 0.15) is 0 Å². The van der Waals surface area contributed by atoms with Gasteiger partial charge in [0.2, 0.25) is 0 Å². The Hall–Kier alpha value is -1.09. The zero-order chi connectivity index (χ0) is 8.97. The van der Waals surface area contributed by atoms with Gasteiger partial charge in [-0.05, 0) is 18.2 Å². The van der Waals surface area contributed by atoms with Crippen LogP contribution in [0, 0.1) is 0 Å². The van der Waals surface area contributed by atoms with Gasteiger partial charge in [0.15, 0.2) is 0 Å². The Kier molecular flexibility index (Phi) is 3.05. The van der Waals surface area contributed by atoms with E-state index in [9.17, 15) is 4.79 Å². The zero-order valence-corrected chi connectivity index (χ0v) is 7.50. The molecule has 0 amide bonds. The minimum Gasteiger partial charge on any atom is -0.319 e. The molecule has 0 saturated carbocycles. The smallest absolute Gasteiger partial charge is 0.250 e. The van der Waals surface area contributed by atoms with Crippen molar-refractivity contribution in [2.24, 2.45) is 7.05 Å². The topological polar surface area (TPSA) is 34.0 Å². The fraction of sp³-hybridized carbons (Fsp3) is 0.444. The van der Waals surface area contributed by atoms with Crippen molar-refractivity contribution in [1.29, 1.82) is 0 Å². The molecule has 0 bridgehead atoms. The highest BCUT2D eigenvalue weighted by atomic mass is 16.1. The fourth-order valence-electron chi connectivity index (χ4n) is 0.969. The SMILES string of the molecule is CCNCc1ccn(C)c(=O)c1. The lowest BCUT2D eigenvalue weighted by Gasteiger charge is -2.02. The number of pyridine rings is 1. The molecule has 3 nitrogen and oxygen atoms in total. The molecule has 0 aliphatic carbocycles. The normalized spacial score (nSPS) is 10.2. The van der Waals surface area contributed by atoms with E-state index in [1.807, 2.05) is 13.0 Å². The van der Waals surface area contributed by atoms with Crippen LogP contribution in [0.25, 0.3) is 0 Å². The van der Waals surface area contributed by atoms with Crippen LogP contribution in [0.5, 0.6) is 0 Å². The maximum Gasteiger partial charge on any atom is 0.250 e. The molecule has 0 unspecified atom stereocenters. The van der Waals surface area contributed by atoms with Gasteiger partial charge in [0.05, 0.1) is 0 Å². The summed E-state index contributed by atoms with van der Waals surface area (Å²) < 4.78 is 1.56. The Balaban J connectivity index is 2.76. The fourth-order valence-corrected chi connectivity index (χ4v) is 0.969. The standard InChI is InChI=1S/C9H14N2O/c1-3-10-7-8-4-5-11(2)9(12)6-8/h4-6,10H,3,7H2,1-2H3. The summed E-state index contributed by atoms with van der Waals surface area (Å²) in [4.78, 5) is 11.1. The Morgan fingerprint density at radius 1 is 1.58 bits per heavy atom. The first kappa shape index (κ1) is 9.00. The summed E-state index contributed by atoms with van der Waals surface area (Å²) in [5.41, 5.74) is 1.09. The number of nitrogens with zero attached hydrogens (tertiary/aromatic N) is 1. The molecule has 12 heavy (non-hydrogen) atoms. The van der Waals surface area contributed by atoms with Crippen LogP contribution < -0.4 is 10.9 Å². The van der Waals surface area contributed by atoms with Crippen LogP contribution in [0.2, 0.25) is 0 Å². The lowest BCUT2D eigenvalue weighted by Crippen LogP contribution is -2.18. The lowest BCUT2D eigenvalue weighted by atomic mass is 10.2. The summed E-state index contributed by atoms with van der Waals surface area (Å²) >= 11 is 0. The molecular formula is C9H14N2O. The van der Waals surface area contributed by atoms with Gasteiger partial charge in [-0.1, -0.05) is 6.92 Å². The van der Waals surface area contributed by atoms with Gasteiger partial charge < -0.3 is 9.88 Å². The van der Waals surface area contributed by atoms with Gasteiger partial charge in [-0.2, -0.15) is 0 Å². The van der Waals surface area contributed by atoms with Crippen molar-refractivity contribution in [1.82, 2.24) is 9.88 Å². The molecule has 0 aliphatic heterocycles. The Bertz CT molecular complexity index is 304. The number of aromatic nitrogens is 1. The van der Waals surface area contributed by atoms with Crippen molar-refractivity contribution < 1.29 is 0 Å². The molecule has 1 heterocycles. The third-order valence-corrected chi connectivity index (χ3v) is 1.75. The molecular weight excluding hydrogens is 152 g/mol. The van der Waals surface area contributed by atoms with E-state index < -0.39 is 0 Å². The highest BCUT2D eigenvalue weighted by Gasteiger charge is 1.93. The van der Waals surface area contributed by atoms with E-state index in [0.29, 0.717) is 0 Å².